The minimum atomic E-state index is -0.950. The molecule has 0 bridgehead atoms. The molecule has 0 radical (unpaired) electrons. The van der Waals surface area contributed by atoms with Crippen LogP contribution in [0.1, 0.15) is 16.8 Å². The molecular formula is C17H15NO4. The molecule has 1 atom stereocenters. The number of furan rings is 1. The topological polar surface area (TPSA) is 82.5 Å². The first kappa shape index (κ1) is 14.3. The number of methoxy groups -OCH3 is 1. The zero-order valence-corrected chi connectivity index (χ0v) is 12.0. The second-order valence-corrected chi connectivity index (χ2v) is 5.07. The first-order chi connectivity index (χ1) is 10.6. The van der Waals surface area contributed by atoms with Gasteiger partial charge in [-0.05, 0) is 24.3 Å². The van der Waals surface area contributed by atoms with Crippen LogP contribution in [0.15, 0.2) is 46.9 Å². The number of fused-ring (bicyclic) bond motifs is 3. The molecule has 0 saturated carbocycles. The van der Waals surface area contributed by atoms with Crippen molar-refractivity contribution in [1.29, 1.82) is 0 Å². The second-order valence-electron chi connectivity index (χ2n) is 5.07. The van der Waals surface area contributed by atoms with Crippen LogP contribution < -0.4 is 5.73 Å². The Morgan fingerprint density at radius 3 is 2.64 bits per heavy atom. The first-order valence-electron chi connectivity index (χ1n) is 6.88. The van der Waals surface area contributed by atoms with E-state index in [2.05, 4.69) is 4.74 Å². The number of ketones is 1. The van der Waals surface area contributed by atoms with E-state index in [4.69, 9.17) is 10.2 Å². The molecule has 0 aliphatic rings. The molecular weight excluding hydrogens is 282 g/mol. The van der Waals surface area contributed by atoms with E-state index in [1.54, 1.807) is 18.2 Å². The van der Waals surface area contributed by atoms with Crippen molar-refractivity contribution in [2.24, 2.45) is 5.73 Å². The number of benzene rings is 2. The highest BCUT2D eigenvalue weighted by atomic mass is 16.5. The van der Waals surface area contributed by atoms with Crippen molar-refractivity contribution in [1.82, 2.24) is 0 Å². The summed E-state index contributed by atoms with van der Waals surface area (Å²) in [5.41, 5.74) is 7.62. The highest BCUT2D eigenvalue weighted by Crippen LogP contribution is 2.29. The van der Waals surface area contributed by atoms with Gasteiger partial charge in [-0.3, -0.25) is 9.59 Å². The lowest BCUT2D eigenvalue weighted by molar-refractivity contribution is -0.142. The molecule has 0 unspecified atom stereocenters. The number of esters is 1. The molecule has 1 aromatic heterocycles. The van der Waals surface area contributed by atoms with E-state index in [1.165, 1.54) is 7.11 Å². The van der Waals surface area contributed by atoms with Gasteiger partial charge in [0.05, 0.1) is 7.11 Å². The van der Waals surface area contributed by atoms with Gasteiger partial charge in [0.15, 0.2) is 5.78 Å². The molecule has 0 amide bonds. The normalized spacial score (nSPS) is 12.5. The van der Waals surface area contributed by atoms with Gasteiger partial charge in [-0.2, -0.15) is 0 Å². The Labute approximate surface area is 126 Å². The lowest BCUT2D eigenvalue weighted by atomic mass is 10.0. The number of carbonyl (C=O) groups is 2. The summed E-state index contributed by atoms with van der Waals surface area (Å²) in [6.07, 6.45) is -0.0893. The summed E-state index contributed by atoms with van der Waals surface area (Å²) in [6.45, 7) is 0. The number of hydrogen-bond acceptors (Lipinski definition) is 5. The van der Waals surface area contributed by atoms with Gasteiger partial charge in [0.25, 0.3) is 0 Å². The summed E-state index contributed by atoms with van der Waals surface area (Å²) in [6, 6.07) is 11.9. The van der Waals surface area contributed by atoms with Crippen LogP contribution >= 0.6 is 0 Å². The number of hydrogen-bond donors (Lipinski definition) is 1. The lowest BCUT2D eigenvalue weighted by Crippen LogP contribution is -2.33. The van der Waals surface area contributed by atoms with E-state index in [1.807, 2.05) is 24.3 Å². The molecule has 0 aliphatic heterocycles. The van der Waals surface area contributed by atoms with Crippen molar-refractivity contribution in [2.45, 2.75) is 12.5 Å². The Bertz CT molecular complexity index is 865. The smallest absolute Gasteiger partial charge is 0.323 e. The molecule has 0 fully saturated rings. The third-order valence-electron chi connectivity index (χ3n) is 3.61. The maximum atomic E-state index is 12.3. The Balaban J connectivity index is 1.96. The molecule has 0 spiro atoms. The van der Waals surface area contributed by atoms with Crippen LogP contribution in [-0.2, 0) is 9.53 Å². The number of ether oxygens (including phenoxy) is 1. The molecule has 5 nitrogen and oxygen atoms in total. The first-order valence-corrected chi connectivity index (χ1v) is 6.88. The van der Waals surface area contributed by atoms with E-state index < -0.39 is 12.0 Å². The predicted molar refractivity (Wildman–Crippen MR) is 82.7 cm³/mol. The van der Waals surface area contributed by atoms with Gasteiger partial charge in [-0.1, -0.05) is 18.2 Å². The van der Waals surface area contributed by atoms with Crippen molar-refractivity contribution < 1.29 is 18.7 Å². The average Bonchev–Trinajstić information content (AvgIpc) is 2.91. The van der Waals surface area contributed by atoms with Gasteiger partial charge >= 0.3 is 5.97 Å². The fraction of sp³-hybridized carbons (Fsp3) is 0.176. The molecule has 0 saturated heterocycles. The van der Waals surface area contributed by atoms with E-state index in [-0.39, 0.29) is 12.2 Å². The highest BCUT2D eigenvalue weighted by Gasteiger charge is 2.19. The maximum absolute atomic E-state index is 12.3. The van der Waals surface area contributed by atoms with Gasteiger partial charge in [-0.15, -0.1) is 0 Å². The average molecular weight is 297 g/mol. The Kier molecular flexibility index (Phi) is 3.65. The van der Waals surface area contributed by atoms with Crippen LogP contribution in [0.25, 0.3) is 21.9 Å². The van der Waals surface area contributed by atoms with Gasteiger partial charge in [0.2, 0.25) is 0 Å². The van der Waals surface area contributed by atoms with Gasteiger partial charge in [-0.25, -0.2) is 0 Å². The molecule has 112 valence electrons. The molecule has 5 heteroatoms. The second kappa shape index (κ2) is 5.61. The molecule has 2 aromatic carbocycles. The Morgan fingerprint density at radius 1 is 1.14 bits per heavy atom. The number of para-hydroxylation sites is 1. The quantitative estimate of drug-likeness (QED) is 0.591. The number of Topliss-reactive ketones (excluding diaryl/α,β-unsaturated/α-hetero) is 1. The molecule has 3 rings (SSSR count). The van der Waals surface area contributed by atoms with Crippen LogP contribution in [0.3, 0.4) is 0 Å². The Hall–Kier alpha value is -2.66. The third kappa shape index (κ3) is 2.46. The monoisotopic (exact) mass is 297 g/mol. The van der Waals surface area contributed by atoms with Crippen molar-refractivity contribution >= 4 is 33.7 Å². The van der Waals surface area contributed by atoms with Gasteiger partial charge < -0.3 is 14.9 Å². The molecule has 2 N–H and O–H groups in total. The largest absolute Gasteiger partial charge is 0.468 e. The standard InChI is InChI=1S/C17H15NO4/c1-21-17(20)13(18)9-14(19)10-6-7-16-12(8-10)11-4-2-3-5-15(11)22-16/h2-8,13H,9,18H2,1H3/t13-/m0/s1. The summed E-state index contributed by atoms with van der Waals surface area (Å²) < 4.78 is 10.2. The van der Waals surface area contributed by atoms with E-state index in [0.29, 0.717) is 5.56 Å². The molecule has 22 heavy (non-hydrogen) atoms. The minimum absolute atomic E-state index is 0.0893. The number of nitrogens with two attached hydrogens (primary N) is 1. The number of carbonyl (C=O) groups excluding carboxylic acids is 2. The fourth-order valence-corrected chi connectivity index (χ4v) is 2.45. The van der Waals surface area contributed by atoms with Crippen LogP contribution in [0, 0.1) is 0 Å². The van der Waals surface area contributed by atoms with Crippen molar-refractivity contribution in [3.63, 3.8) is 0 Å². The summed E-state index contributed by atoms with van der Waals surface area (Å²) in [5, 5.41) is 1.82. The van der Waals surface area contributed by atoms with E-state index >= 15 is 0 Å². The Morgan fingerprint density at radius 2 is 1.86 bits per heavy atom. The summed E-state index contributed by atoms with van der Waals surface area (Å²) in [7, 11) is 1.25. The van der Waals surface area contributed by atoms with Crippen LogP contribution in [0.5, 0.6) is 0 Å². The molecule has 0 aliphatic carbocycles. The minimum Gasteiger partial charge on any atom is -0.468 e. The summed E-state index contributed by atoms with van der Waals surface area (Å²) in [5.74, 6) is -0.798. The van der Waals surface area contributed by atoms with Crippen LogP contribution in [-0.4, -0.2) is 24.9 Å². The summed E-state index contributed by atoms with van der Waals surface area (Å²) >= 11 is 0. The lowest BCUT2D eigenvalue weighted by Gasteiger charge is -2.08. The SMILES string of the molecule is COC(=O)[C@@H](N)CC(=O)c1ccc2oc3ccccc3c2c1. The zero-order valence-electron chi connectivity index (χ0n) is 12.0. The highest BCUT2D eigenvalue weighted by molar-refractivity contribution is 6.09. The fourth-order valence-electron chi connectivity index (χ4n) is 2.45. The van der Waals surface area contributed by atoms with Gasteiger partial charge in [0, 0.05) is 22.8 Å². The zero-order chi connectivity index (χ0) is 15.7. The van der Waals surface area contributed by atoms with E-state index in [0.717, 1.165) is 21.9 Å². The predicted octanol–water partition coefficient (Wildman–Crippen LogP) is 2.66. The van der Waals surface area contributed by atoms with Crippen molar-refractivity contribution in [2.75, 3.05) is 7.11 Å². The number of rotatable bonds is 4. The maximum Gasteiger partial charge on any atom is 0.323 e. The van der Waals surface area contributed by atoms with Gasteiger partial charge in [0.1, 0.15) is 17.2 Å². The van der Waals surface area contributed by atoms with Crippen molar-refractivity contribution in [3.05, 3.63) is 48.0 Å². The third-order valence-corrected chi connectivity index (χ3v) is 3.61. The molecule has 1 heterocycles. The van der Waals surface area contributed by atoms with Crippen LogP contribution in [0.4, 0.5) is 0 Å². The van der Waals surface area contributed by atoms with E-state index in [9.17, 15) is 9.59 Å². The van der Waals surface area contributed by atoms with Crippen molar-refractivity contribution in [3.8, 4) is 0 Å². The summed E-state index contributed by atoms with van der Waals surface area (Å²) in [4.78, 5) is 23.6. The molecule has 3 aromatic rings. The van der Waals surface area contributed by atoms with Crippen LogP contribution in [0.2, 0.25) is 0 Å².